The zero-order valence-corrected chi connectivity index (χ0v) is 18.8. The van der Waals surface area contributed by atoms with Gasteiger partial charge in [0.25, 0.3) is 0 Å². The number of nitrogens with one attached hydrogen (secondary N) is 1. The van der Waals surface area contributed by atoms with E-state index in [9.17, 15) is 0 Å². The number of hydrogen-bond acceptors (Lipinski definition) is 7. The van der Waals surface area contributed by atoms with E-state index in [1.807, 2.05) is 24.3 Å². The molecular weight excluding hydrogens is 427 g/mol. The smallest absolute Gasteiger partial charge is 0.151 e. The van der Waals surface area contributed by atoms with Crippen molar-refractivity contribution in [1.82, 2.24) is 14.9 Å². The van der Waals surface area contributed by atoms with Crippen molar-refractivity contribution in [3.8, 4) is 16.4 Å². The number of aromatic nitrogens is 2. The molecule has 0 amide bonds. The van der Waals surface area contributed by atoms with Crippen molar-refractivity contribution in [2.75, 3.05) is 18.4 Å². The number of likely N-dealkylation sites (tertiary alicyclic amines) is 1. The van der Waals surface area contributed by atoms with E-state index in [-0.39, 0.29) is 8.81 Å². The Bertz CT molecular complexity index is 1200. The van der Waals surface area contributed by atoms with Gasteiger partial charge in [0, 0.05) is 11.8 Å². The number of nitrogens with zero attached hydrogens (tertiary/aromatic N) is 3. The van der Waals surface area contributed by atoms with Gasteiger partial charge in [-0.05, 0) is 62.1 Å². The summed E-state index contributed by atoms with van der Waals surface area (Å²) < 4.78 is 12.8. The fourth-order valence-electron chi connectivity index (χ4n) is 3.71. The van der Waals surface area contributed by atoms with E-state index >= 15 is 0 Å². The minimum absolute atomic E-state index is 0.231. The Morgan fingerprint density at radius 2 is 2.10 bits per heavy atom. The molecule has 0 spiro atoms. The first-order valence-corrected chi connectivity index (χ1v) is 12.0. The molecule has 1 unspecified atom stereocenters. The molecule has 0 radical (unpaired) electrons. The van der Waals surface area contributed by atoms with Crippen LogP contribution in [0.1, 0.15) is 18.6 Å². The van der Waals surface area contributed by atoms with Gasteiger partial charge in [0.15, 0.2) is 5.82 Å². The van der Waals surface area contributed by atoms with Crippen molar-refractivity contribution in [3.63, 3.8) is 0 Å². The molecule has 6 nitrogen and oxygen atoms in total. The summed E-state index contributed by atoms with van der Waals surface area (Å²) in [4.78, 5) is 12.4. The van der Waals surface area contributed by atoms with Crippen LogP contribution in [0.3, 0.4) is 0 Å². The second-order valence-electron chi connectivity index (χ2n) is 7.37. The van der Waals surface area contributed by atoms with E-state index < -0.39 is 0 Å². The lowest BCUT2D eigenvalue weighted by Gasteiger charge is -2.11. The maximum absolute atomic E-state index is 6.15. The molecule has 1 aliphatic rings. The largest absolute Gasteiger partial charge is 0.473 e. The van der Waals surface area contributed by atoms with Gasteiger partial charge in [-0.1, -0.05) is 12.6 Å². The van der Waals surface area contributed by atoms with Gasteiger partial charge in [-0.3, -0.25) is 4.90 Å². The normalized spacial score (nSPS) is 14.6. The predicted molar refractivity (Wildman–Crippen MR) is 128 cm³/mol. The maximum Gasteiger partial charge on any atom is 0.151 e. The summed E-state index contributed by atoms with van der Waals surface area (Å²) >= 11 is 1.63. The summed E-state index contributed by atoms with van der Waals surface area (Å²) in [6.07, 6.45) is 4.14. The van der Waals surface area contributed by atoms with Crippen LogP contribution in [-0.2, 0) is 6.54 Å². The zero-order chi connectivity index (χ0) is 21.0. The lowest BCUT2D eigenvalue weighted by molar-refractivity contribution is 0.299. The zero-order valence-electron chi connectivity index (χ0n) is 17.0. The van der Waals surface area contributed by atoms with E-state index in [2.05, 4.69) is 45.0 Å². The van der Waals surface area contributed by atoms with Crippen LogP contribution in [0.15, 0.2) is 65.6 Å². The van der Waals surface area contributed by atoms with Crippen molar-refractivity contribution in [2.24, 2.45) is 0 Å². The van der Waals surface area contributed by atoms with Crippen LogP contribution < -0.4 is 9.84 Å². The van der Waals surface area contributed by atoms with E-state index in [0.717, 1.165) is 63.5 Å². The first kappa shape index (κ1) is 20.2. The third-order valence-electron chi connectivity index (χ3n) is 5.15. The van der Waals surface area contributed by atoms with Crippen LogP contribution >= 0.6 is 20.1 Å². The summed E-state index contributed by atoms with van der Waals surface area (Å²) in [7, 11) is 0.231. The summed E-state index contributed by atoms with van der Waals surface area (Å²) in [5.74, 6) is 5.21. The quantitative estimate of drug-likeness (QED) is 0.313. The van der Waals surface area contributed by atoms with Crippen molar-refractivity contribution in [1.29, 1.82) is 0 Å². The first-order valence-electron chi connectivity index (χ1n) is 10.2. The van der Waals surface area contributed by atoms with Crippen LogP contribution in [0.25, 0.3) is 20.9 Å². The summed E-state index contributed by atoms with van der Waals surface area (Å²) in [6.45, 7) is 6.89. The topological polar surface area (TPSA) is 63.4 Å². The molecule has 0 bridgehead atoms. The molecule has 1 aliphatic heterocycles. The number of thiophene rings is 1. The van der Waals surface area contributed by atoms with Gasteiger partial charge in [-0.25, -0.2) is 9.97 Å². The number of benzene rings is 1. The van der Waals surface area contributed by atoms with Crippen molar-refractivity contribution in [2.45, 2.75) is 19.4 Å². The Hall–Kier alpha value is -2.73. The molecular formula is C23H23N4O2PS. The summed E-state index contributed by atoms with van der Waals surface area (Å²) in [6, 6.07) is 14.0. The van der Waals surface area contributed by atoms with Crippen LogP contribution in [0, 0.1) is 0 Å². The third-order valence-corrected chi connectivity index (χ3v) is 6.82. The highest BCUT2D eigenvalue weighted by Gasteiger charge is 2.16. The molecule has 0 saturated carbocycles. The molecule has 5 rings (SSSR count). The van der Waals surface area contributed by atoms with Crippen LogP contribution in [0.2, 0.25) is 0 Å². The highest BCUT2D eigenvalue weighted by molar-refractivity contribution is 7.36. The van der Waals surface area contributed by atoms with Crippen LogP contribution in [-0.4, -0.2) is 28.0 Å². The SMILES string of the molecule is C=CPOc1cccc(Nc2ncnc3cc(-c4ccc(CN5CCCC5)o4)sc23)c1. The molecule has 1 fully saturated rings. The van der Waals surface area contributed by atoms with Crippen molar-refractivity contribution >= 4 is 41.9 Å². The average molecular weight is 451 g/mol. The Labute approximate surface area is 186 Å². The molecule has 1 saturated heterocycles. The number of rotatable bonds is 8. The summed E-state index contributed by atoms with van der Waals surface area (Å²) in [5, 5.41) is 3.40. The molecule has 1 atom stereocenters. The van der Waals surface area contributed by atoms with Crippen molar-refractivity contribution in [3.05, 3.63) is 66.9 Å². The van der Waals surface area contributed by atoms with E-state index in [1.54, 1.807) is 23.5 Å². The fraction of sp³-hybridized carbons (Fsp3) is 0.217. The van der Waals surface area contributed by atoms with E-state index in [1.165, 1.54) is 12.8 Å². The predicted octanol–water partition coefficient (Wildman–Crippen LogP) is 6.41. The van der Waals surface area contributed by atoms with Crippen LogP contribution in [0.4, 0.5) is 11.5 Å². The minimum Gasteiger partial charge on any atom is -0.473 e. The maximum atomic E-state index is 6.15. The number of furan rings is 1. The van der Waals surface area contributed by atoms with Crippen LogP contribution in [0.5, 0.6) is 5.75 Å². The molecule has 8 heteroatoms. The molecule has 3 aromatic heterocycles. The van der Waals surface area contributed by atoms with Gasteiger partial charge >= 0.3 is 0 Å². The number of fused-ring (bicyclic) bond motifs is 1. The molecule has 4 heterocycles. The third kappa shape index (κ3) is 4.64. The van der Waals surface area contributed by atoms with E-state index in [4.69, 9.17) is 8.94 Å². The fourth-order valence-corrected chi connectivity index (χ4v) is 5.07. The highest BCUT2D eigenvalue weighted by atomic mass is 32.1. The molecule has 158 valence electrons. The Balaban J connectivity index is 1.38. The van der Waals surface area contributed by atoms with Gasteiger partial charge < -0.3 is 14.3 Å². The number of anilines is 2. The van der Waals surface area contributed by atoms with Crippen molar-refractivity contribution < 1.29 is 8.94 Å². The average Bonchev–Trinajstić information content (AvgIpc) is 3.54. The molecule has 0 aliphatic carbocycles. The first-order chi connectivity index (χ1) is 15.3. The molecule has 1 N–H and O–H groups in total. The highest BCUT2D eigenvalue weighted by Crippen LogP contribution is 2.37. The van der Waals surface area contributed by atoms with Gasteiger partial charge in [0.05, 0.1) is 30.4 Å². The summed E-state index contributed by atoms with van der Waals surface area (Å²) in [5.41, 5.74) is 1.81. The molecule has 1 aromatic carbocycles. The molecule has 4 aromatic rings. The van der Waals surface area contributed by atoms with Gasteiger partial charge in [0.2, 0.25) is 0 Å². The van der Waals surface area contributed by atoms with E-state index in [0.29, 0.717) is 0 Å². The standard InChI is InChI=1S/C23H23N4O2PS/c1-2-30-29-17-7-5-6-16(12-17)26-23-22-19(24-15-25-23)13-21(31-22)20-9-8-18(28-20)14-27-10-3-4-11-27/h2,5-9,12-13,15,30H,1,3-4,10-11,14H2,(H,24,25,26). The Morgan fingerprint density at radius 3 is 2.97 bits per heavy atom. The Kier molecular flexibility index (Phi) is 5.98. The lowest BCUT2D eigenvalue weighted by atomic mass is 10.3. The lowest BCUT2D eigenvalue weighted by Crippen LogP contribution is -2.17. The monoisotopic (exact) mass is 450 g/mol. The van der Waals surface area contributed by atoms with Gasteiger partial charge in [0.1, 0.15) is 23.6 Å². The molecule has 31 heavy (non-hydrogen) atoms. The minimum atomic E-state index is 0.231. The Morgan fingerprint density at radius 1 is 1.19 bits per heavy atom. The van der Waals surface area contributed by atoms with Gasteiger partial charge in [-0.15, -0.1) is 11.3 Å². The second kappa shape index (κ2) is 9.18. The number of hydrogen-bond donors (Lipinski definition) is 1. The second-order valence-corrected chi connectivity index (χ2v) is 9.27. The van der Waals surface area contributed by atoms with Gasteiger partial charge in [-0.2, -0.15) is 0 Å².